The Balaban J connectivity index is 2.04. The van der Waals surface area contributed by atoms with Crippen LogP contribution in [0.5, 0.6) is 0 Å². The maximum absolute atomic E-state index is 6.38. The van der Waals surface area contributed by atoms with Gasteiger partial charge in [-0.1, -0.05) is 45.4 Å². The normalized spacial score (nSPS) is 24.9. The van der Waals surface area contributed by atoms with Crippen molar-refractivity contribution in [2.24, 2.45) is 5.92 Å². The molecule has 0 radical (unpaired) electrons. The van der Waals surface area contributed by atoms with Crippen LogP contribution in [0.15, 0.2) is 0 Å². The van der Waals surface area contributed by atoms with Crippen LogP contribution in [0.4, 0.5) is 0 Å². The molecule has 2 saturated carbocycles. The molecule has 2 rings (SSSR count). The second-order valence-corrected chi connectivity index (χ2v) is 6.60. The molecule has 0 heterocycles. The topological polar surface area (TPSA) is 21.3 Å². The third kappa shape index (κ3) is 4.46. The summed E-state index contributed by atoms with van der Waals surface area (Å²) in [6.45, 7) is 6.45. The monoisotopic (exact) mass is 267 g/mol. The molecule has 2 fully saturated rings. The minimum atomic E-state index is 0.142. The van der Waals surface area contributed by atoms with E-state index in [0.29, 0.717) is 6.04 Å². The Morgan fingerprint density at radius 2 is 1.79 bits per heavy atom. The van der Waals surface area contributed by atoms with Gasteiger partial charge in [-0.15, -0.1) is 0 Å². The van der Waals surface area contributed by atoms with Gasteiger partial charge >= 0.3 is 0 Å². The van der Waals surface area contributed by atoms with Crippen molar-refractivity contribution in [1.82, 2.24) is 5.32 Å². The quantitative estimate of drug-likeness (QED) is 0.663. The fourth-order valence-corrected chi connectivity index (χ4v) is 3.70. The zero-order chi connectivity index (χ0) is 13.6. The number of nitrogens with one attached hydrogen (secondary N) is 1. The van der Waals surface area contributed by atoms with E-state index < -0.39 is 0 Å². The Bertz CT molecular complexity index is 242. The summed E-state index contributed by atoms with van der Waals surface area (Å²) < 4.78 is 6.38. The van der Waals surface area contributed by atoms with E-state index in [0.717, 1.165) is 19.1 Å². The molecule has 1 atom stereocenters. The van der Waals surface area contributed by atoms with Crippen molar-refractivity contribution in [3.05, 3.63) is 0 Å². The summed E-state index contributed by atoms with van der Waals surface area (Å²) in [4.78, 5) is 0. The maximum atomic E-state index is 6.38. The average Bonchev–Trinajstić information content (AvgIpc) is 3.22. The zero-order valence-electron chi connectivity index (χ0n) is 13.0. The predicted molar refractivity (Wildman–Crippen MR) is 81.5 cm³/mol. The molecular weight excluding hydrogens is 234 g/mol. The lowest BCUT2D eigenvalue weighted by Gasteiger charge is -2.41. The highest BCUT2D eigenvalue weighted by atomic mass is 16.5. The van der Waals surface area contributed by atoms with Gasteiger partial charge in [-0.05, 0) is 45.1 Å². The molecule has 2 heteroatoms. The first-order valence-corrected chi connectivity index (χ1v) is 8.68. The highest BCUT2D eigenvalue weighted by molar-refractivity contribution is 4.97. The Labute approximate surface area is 119 Å². The Morgan fingerprint density at radius 3 is 2.32 bits per heavy atom. The van der Waals surface area contributed by atoms with Crippen LogP contribution in [0, 0.1) is 5.92 Å². The van der Waals surface area contributed by atoms with Gasteiger partial charge in [0, 0.05) is 12.6 Å². The number of rotatable bonds is 8. The van der Waals surface area contributed by atoms with Crippen molar-refractivity contribution in [1.29, 1.82) is 0 Å². The van der Waals surface area contributed by atoms with Gasteiger partial charge in [-0.2, -0.15) is 0 Å². The van der Waals surface area contributed by atoms with Crippen LogP contribution >= 0.6 is 0 Å². The number of ether oxygens (including phenoxy) is 1. The molecule has 0 spiro atoms. The second-order valence-electron chi connectivity index (χ2n) is 6.60. The van der Waals surface area contributed by atoms with Crippen molar-refractivity contribution in [2.45, 2.75) is 89.7 Å². The SMILES string of the molecule is CCCNC(CC1CC1)C1(OCC)CCCCCC1. The first-order valence-electron chi connectivity index (χ1n) is 8.68. The Morgan fingerprint density at radius 1 is 1.11 bits per heavy atom. The minimum absolute atomic E-state index is 0.142. The molecule has 1 N–H and O–H groups in total. The van der Waals surface area contributed by atoms with E-state index in [4.69, 9.17) is 4.74 Å². The number of hydrogen-bond acceptors (Lipinski definition) is 2. The fourth-order valence-electron chi connectivity index (χ4n) is 3.70. The molecule has 0 aromatic rings. The van der Waals surface area contributed by atoms with E-state index in [1.165, 1.54) is 64.2 Å². The third-order valence-electron chi connectivity index (χ3n) is 4.92. The molecule has 0 aromatic heterocycles. The van der Waals surface area contributed by atoms with E-state index in [-0.39, 0.29) is 5.60 Å². The molecule has 112 valence electrons. The molecule has 0 aromatic carbocycles. The third-order valence-corrected chi connectivity index (χ3v) is 4.92. The van der Waals surface area contributed by atoms with Gasteiger partial charge in [-0.3, -0.25) is 0 Å². The average molecular weight is 267 g/mol. The van der Waals surface area contributed by atoms with Gasteiger partial charge in [0.05, 0.1) is 5.60 Å². The van der Waals surface area contributed by atoms with Gasteiger partial charge in [0.15, 0.2) is 0 Å². The number of hydrogen-bond donors (Lipinski definition) is 1. The lowest BCUT2D eigenvalue weighted by Crippen LogP contribution is -2.53. The van der Waals surface area contributed by atoms with Crippen molar-refractivity contribution in [3.63, 3.8) is 0 Å². The molecule has 2 aliphatic rings. The zero-order valence-corrected chi connectivity index (χ0v) is 13.0. The Hall–Kier alpha value is -0.0800. The van der Waals surface area contributed by atoms with E-state index in [9.17, 15) is 0 Å². The van der Waals surface area contributed by atoms with Gasteiger partial charge in [0.2, 0.25) is 0 Å². The largest absolute Gasteiger partial charge is 0.374 e. The van der Waals surface area contributed by atoms with Crippen molar-refractivity contribution in [2.75, 3.05) is 13.2 Å². The molecule has 2 aliphatic carbocycles. The van der Waals surface area contributed by atoms with Crippen LogP contribution in [0.3, 0.4) is 0 Å². The molecule has 0 bridgehead atoms. The van der Waals surface area contributed by atoms with Crippen LogP contribution in [0.1, 0.15) is 78.1 Å². The summed E-state index contributed by atoms with van der Waals surface area (Å²) in [5.74, 6) is 0.981. The molecule has 2 nitrogen and oxygen atoms in total. The highest BCUT2D eigenvalue weighted by Gasteiger charge is 2.41. The highest BCUT2D eigenvalue weighted by Crippen LogP contribution is 2.41. The lowest BCUT2D eigenvalue weighted by atomic mass is 9.83. The van der Waals surface area contributed by atoms with E-state index in [1.807, 2.05) is 0 Å². The first kappa shape index (κ1) is 15.3. The Kier molecular flexibility index (Phi) is 6.15. The van der Waals surface area contributed by atoms with Crippen LogP contribution in [0.25, 0.3) is 0 Å². The first-order chi connectivity index (χ1) is 9.30. The van der Waals surface area contributed by atoms with Gasteiger partial charge in [-0.25, -0.2) is 0 Å². The summed E-state index contributed by atoms with van der Waals surface area (Å²) in [5.41, 5.74) is 0.142. The smallest absolute Gasteiger partial charge is 0.0834 e. The summed E-state index contributed by atoms with van der Waals surface area (Å²) >= 11 is 0. The molecular formula is C17H33NO. The van der Waals surface area contributed by atoms with Crippen LogP contribution < -0.4 is 5.32 Å². The van der Waals surface area contributed by atoms with E-state index >= 15 is 0 Å². The fraction of sp³-hybridized carbons (Fsp3) is 1.00. The van der Waals surface area contributed by atoms with Crippen molar-refractivity contribution < 1.29 is 4.74 Å². The lowest BCUT2D eigenvalue weighted by molar-refractivity contribution is -0.0796. The summed E-state index contributed by atoms with van der Waals surface area (Å²) in [5, 5.41) is 3.84. The van der Waals surface area contributed by atoms with E-state index in [1.54, 1.807) is 0 Å². The van der Waals surface area contributed by atoms with Crippen LogP contribution in [-0.4, -0.2) is 24.8 Å². The van der Waals surface area contributed by atoms with Crippen LogP contribution in [0.2, 0.25) is 0 Å². The molecule has 0 saturated heterocycles. The van der Waals surface area contributed by atoms with Crippen molar-refractivity contribution >= 4 is 0 Å². The van der Waals surface area contributed by atoms with Gasteiger partial charge in [0.25, 0.3) is 0 Å². The van der Waals surface area contributed by atoms with Crippen LogP contribution in [-0.2, 0) is 4.74 Å². The van der Waals surface area contributed by atoms with E-state index in [2.05, 4.69) is 19.2 Å². The summed E-state index contributed by atoms with van der Waals surface area (Å²) in [6.07, 6.45) is 13.5. The standard InChI is InChI=1S/C17H33NO/c1-3-13-18-16(14-15-9-10-15)17(19-4-2)11-7-5-6-8-12-17/h15-16,18H,3-14H2,1-2H3. The van der Waals surface area contributed by atoms with Crippen molar-refractivity contribution in [3.8, 4) is 0 Å². The molecule has 0 amide bonds. The summed E-state index contributed by atoms with van der Waals surface area (Å²) in [7, 11) is 0. The second kappa shape index (κ2) is 7.64. The molecule has 1 unspecified atom stereocenters. The van der Waals surface area contributed by atoms with Gasteiger partial charge in [0.1, 0.15) is 0 Å². The molecule has 0 aliphatic heterocycles. The minimum Gasteiger partial charge on any atom is -0.374 e. The maximum Gasteiger partial charge on any atom is 0.0834 e. The molecule has 19 heavy (non-hydrogen) atoms. The van der Waals surface area contributed by atoms with Gasteiger partial charge < -0.3 is 10.1 Å². The summed E-state index contributed by atoms with van der Waals surface area (Å²) in [6, 6.07) is 0.595. The predicted octanol–water partition coefficient (Wildman–Crippen LogP) is 4.28.